The minimum absolute atomic E-state index is 0.0321. The highest BCUT2D eigenvalue weighted by Gasteiger charge is 2.43. The van der Waals surface area contributed by atoms with Crippen LogP contribution in [0.5, 0.6) is 0 Å². The number of nitrogens with one attached hydrogen (secondary N) is 2. The maximum Gasteiger partial charge on any atom is 0.225 e. The molecule has 3 rings (SSSR count). The van der Waals surface area contributed by atoms with Crippen molar-refractivity contribution in [2.24, 2.45) is 28.8 Å². The third-order valence-electron chi connectivity index (χ3n) is 7.86. The molecule has 2 saturated heterocycles. The first kappa shape index (κ1) is 26.1. The summed E-state index contributed by atoms with van der Waals surface area (Å²) in [5.41, 5.74) is 8.71. The van der Waals surface area contributed by atoms with E-state index in [2.05, 4.69) is 39.4 Å². The highest BCUT2D eigenvalue weighted by Crippen LogP contribution is 2.38. The van der Waals surface area contributed by atoms with Crippen LogP contribution in [0.25, 0.3) is 10.4 Å². The molecule has 33 heavy (non-hydrogen) atoms. The molecule has 7 atom stereocenters. The molecule has 0 spiro atoms. The molecule has 3 aliphatic rings. The van der Waals surface area contributed by atoms with Gasteiger partial charge < -0.3 is 15.4 Å². The van der Waals surface area contributed by atoms with Crippen LogP contribution in [0.3, 0.4) is 0 Å². The number of amides is 2. The Bertz CT molecular complexity index is 727. The minimum atomic E-state index is -0.397. The van der Waals surface area contributed by atoms with Crippen molar-refractivity contribution in [2.75, 3.05) is 32.8 Å². The Labute approximate surface area is 201 Å². The van der Waals surface area contributed by atoms with Crippen molar-refractivity contribution in [2.45, 2.75) is 76.4 Å². The van der Waals surface area contributed by atoms with Gasteiger partial charge in [-0.15, -0.1) is 11.6 Å². The second-order valence-corrected chi connectivity index (χ2v) is 10.6. The molecular weight excluding hydrogens is 444 g/mol. The number of piperidine rings is 1. The first-order chi connectivity index (χ1) is 15.8. The van der Waals surface area contributed by atoms with Crippen LogP contribution in [0, 0.1) is 23.7 Å². The van der Waals surface area contributed by atoms with Crippen LogP contribution in [0.1, 0.15) is 52.9 Å². The quantitative estimate of drug-likeness (QED) is 0.239. The number of ether oxygens (including phenoxy) is 1. The number of carbonyl (C=O) groups is 2. The molecule has 0 bridgehead atoms. The topological polar surface area (TPSA) is 119 Å². The van der Waals surface area contributed by atoms with Crippen molar-refractivity contribution in [1.82, 2.24) is 15.5 Å². The zero-order valence-electron chi connectivity index (χ0n) is 20.1. The molecular formula is C23H39ClN6O3. The Kier molecular flexibility index (Phi) is 9.68. The fourth-order valence-electron chi connectivity index (χ4n) is 6.08. The third-order valence-corrected chi connectivity index (χ3v) is 8.22. The van der Waals surface area contributed by atoms with Crippen LogP contribution in [-0.4, -0.2) is 73.1 Å². The normalized spacial score (nSPS) is 35.5. The summed E-state index contributed by atoms with van der Waals surface area (Å²) in [6.07, 6.45) is 4.29. The van der Waals surface area contributed by atoms with Crippen molar-refractivity contribution >= 4 is 23.4 Å². The SMILES string of the molecule is CCN(C1CCOCC1)C1CC(Cl)CC(C(=O)NCC2C(=O)NC(C)CC2CN=[N+]=[N-])C1C. The van der Waals surface area contributed by atoms with Crippen molar-refractivity contribution in [1.29, 1.82) is 0 Å². The van der Waals surface area contributed by atoms with E-state index in [0.29, 0.717) is 12.5 Å². The Morgan fingerprint density at radius 2 is 2.03 bits per heavy atom. The standard InChI is InChI=1S/C23H39ClN6O3/c1-4-30(18-5-7-33-8-6-18)21-11-17(24)10-19(15(21)3)22(31)26-13-20-16(12-27-29-25)9-14(2)28-23(20)32/h14-21H,4-13H2,1-3H3,(H,26,31)(H,28,32). The summed E-state index contributed by atoms with van der Waals surface area (Å²) in [5.74, 6) is -0.621. The molecule has 9 nitrogen and oxygen atoms in total. The second kappa shape index (κ2) is 12.2. The number of alkyl halides is 1. The van der Waals surface area contributed by atoms with Crippen molar-refractivity contribution in [3.05, 3.63) is 10.4 Å². The average Bonchev–Trinajstić information content (AvgIpc) is 2.79. The number of hydrogen-bond acceptors (Lipinski definition) is 5. The number of nitrogens with zero attached hydrogens (tertiary/aromatic N) is 4. The van der Waals surface area contributed by atoms with Crippen LogP contribution in [-0.2, 0) is 14.3 Å². The van der Waals surface area contributed by atoms with Crippen molar-refractivity contribution < 1.29 is 14.3 Å². The molecule has 2 aliphatic heterocycles. The van der Waals surface area contributed by atoms with Crippen molar-refractivity contribution in [3.63, 3.8) is 0 Å². The fourth-order valence-corrected chi connectivity index (χ4v) is 6.45. The van der Waals surface area contributed by atoms with Gasteiger partial charge in [-0.25, -0.2) is 0 Å². The summed E-state index contributed by atoms with van der Waals surface area (Å²) in [5, 5.41) is 9.65. The van der Waals surface area contributed by atoms with E-state index in [1.165, 1.54) is 0 Å². The molecule has 0 aromatic rings. The highest BCUT2D eigenvalue weighted by molar-refractivity contribution is 6.20. The van der Waals surface area contributed by atoms with Gasteiger partial charge in [-0.1, -0.05) is 19.0 Å². The number of rotatable bonds is 8. The van der Waals surface area contributed by atoms with Crippen LogP contribution in [0.15, 0.2) is 5.11 Å². The van der Waals surface area contributed by atoms with Crippen molar-refractivity contribution in [3.8, 4) is 0 Å². The van der Waals surface area contributed by atoms with Gasteiger partial charge in [0.05, 0.1) is 5.92 Å². The molecule has 186 valence electrons. The van der Waals surface area contributed by atoms with Gasteiger partial charge in [-0.2, -0.15) is 0 Å². The second-order valence-electron chi connectivity index (χ2n) is 9.95. The number of hydrogen-bond donors (Lipinski definition) is 2. The molecule has 3 fully saturated rings. The average molecular weight is 483 g/mol. The van der Waals surface area contributed by atoms with Gasteiger partial charge in [0.2, 0.25) is 11.8 Å². The molecule has 2 heterocycles. The van der Waals surface area contributed by atoms with Crippen LogP contribution in [0.4, 0.5) is 0 Å². The first-order valence-corrected chi connectivity index (χ1v) is 12.9. The monoisotopic (exact) mass is 482 g/mol. The Morgan fingerprint density at radius 1 is 1.30 bits per heavy atom. The van der Waals surface area contributed by atoms with Gasteiger partial charge in [0.15, 0.2) is 0 Å². The zero-order valence-corrected chi connectivity index (χ0v) is 20.8. The molecule has 2 amide bonds. The van der Waals surface area contributed by atoms with Crippen LogP contribution < -0.4 is 10.6 Å². The van der Waals surface area contributed by atoms with Gasteiger partial charge in [0.1, 0.15) is 0 Å². The summed E-state index contributed by atoms with van der Waals surface area (Å²) in [4.78, 5) is 31.3. The van der Waals surface area contributed by atoms with Crippen LogP contribution in [0.2, 0.25) is 0 Å². The number of azide groups is 1. The summed E-state index contributed by atoms with van der Waals surface area (Å²) in [6, 6.07) is 0.752. The molecule has 2 N–H and O–H groups in total. The third kappa shape index (κ3) is 6.53. The maximum atomic E-state index is 13.3. The fraction of sp³-hybridized carbons (Fsp3) is 0.913. The molecule has 0 aromatic heterocycles. The van der Waals surface area contributed by atoms with E-state index < -0.39 is 5.92 Å². The summed E-state index contributed by atoms with van der Waals surface area (Å²) < 4.78 is 5.55. The lowest BCUT2D eigenvalue weighted by molar-refractivity contribution is -0.132. The largest absolute Gasteiger partial charge is 0.381 e. The van der Waals surface area contributed by atoms with Gasteiger partial charge in [-0.05, 0) is 62.9 Å². The predicted octanol–water partition coefficient (Wildman–Crippen LogP) is 3.08. The van der Waals surface area contributed by atoms with E-state index in [-0.39, 0.29) is 60.1 Å². The van der Waals surface area contributed by atoms with E-state index in [0.717, 1.165) is 45.4 Å². The Balaban J connectivity index is 1.65. The van der Waals surface area contributed by atoms with Gasteiger partial charge in [0, 0.05) is 60.6 Å². The molecule has 10 heteroatoms. The van der Waals surface area contributed by atoms with E-state index in [4.69, 9.17) is 21.9 Å². The summed E-state index contributed by atoms with van der Waals surface area (Å²) in [6.45, 7) is 9.31. The van der Waals surface area contributed by atoms with E-state index in [9.17, 15) is 9.59 Å². The Hall–Kier alpha value is -1.54. The lowest BCUT2D eigenvalue weighted by Gasteiger charge is -2.47. The highest BCUT2D eigenvalue weighted by atomic mass is 35.5. The van der Waals surface area contributed by atoms with Gasteiger partial charge in [-0.3, -0.25) is 14.5 Å². The minimum Gasteiger partial charge on any atom is -0.381 e. The zero-order chi connectivity index (χ0) is 24.0. The molecule has 7 unspecified atom stereocenters. The lowest BCUT2D eigenvalue weighted by atomic mass is 9.74. The smallest absolute Gasteiger partial charge is 0.225 e. The number of carbonyl (C=O) groups excluding carboxylic acids is 2. The molecule has 0 aromatic carbocycles. The van der Waals surface area contributed by atoms with Gasteiger partial charge >= 0.3 is 0 Å². The Morgan fingerprint density at radius 3 is 2.70 bits per heavy atom. The first-order valence-electron chi connectivity index (χ1n) is 12.4. The summed E-state index contributed by atoms with van der Waals surface area (Å²) >= 11 is 6.68. The molecule has 1 saturated carbocycles. The molecule has 0 radical (unpaired) electrons. The van der Waals surface area contributed by atoms with Crippen LogP contribution >= 0.6 is 11.6 Å². The maximum absolute atomic E-state index is 13.3. The van der Waals surface area contributed by atoms with Gasteiger partial charge in [0.25, 0.3) is 0 Å². The molecule has 1 aliphatic carbocycles. The predicted molar refractivity (Wildman–Crippen MR) is 128 cm³/mol. The number of halogens is 1. The van der Waals surface area contributed by atoms with E-state index in [1.54, 1.807) is 0 Å². The summed E-state index contributed by atoms with van der Waals surface area (Å²) in [7, 11) is 0. The lowest BCUT2D eigenvalue weighted by Crippen LogP contribution is -2.56. The van der Waals surface area contributed by atoms with E-state index in [1.807, 2.05) is 6.92 Å². The van der Waals surface area contributed by atoms with E-state index >= 15 is 0 Å².